The number of rotatable bonds is 4. The molecule has 0 spiro atoms. The lowest BCUT2D eigenvalue weighted by Gasteiger charge is -2.05. The molecular weight excluding hydrogens is 284 g/mol. The quantitative estimate of drug-likeness (QED) is 0.774. The van der Waals surface area contributed by atoms with Crippen LogP contribution in [0.3, 0.4) is 0 Å². The predicted molar refractivity (Wildman–Crippen MR) is 71.2 cm³/mol. The van der Waals surface area contributed by atoms with Crippen molar-refractivity contribution in [2.75, 3.05) is 4.72 Å². The van der Waals surface area contributed by atoms with Crippen molar-refractivity contribution in [3.63, 3.8) is 0 Å². The van der Waals surface area contributed by atoms with Crippen LogP contribution in [0.25, 0.3) is 0 Å². The number of carboxylic acid groups (broad SMARTS) is 1. The van der Waals surface area contributed by atoms with Gasteiger partial charge < -0.3 is 14.7 Å². The summed E-state index contributed by atoms with van der Waals surface area (Å²) in [6.45, 7) is 3.22. The van der Waals surface area contributed by atoms with Gasteiger partial charge in [-0.05, 0) is 13.8 Å². The molecule has 2 rings (SSSR count). The molecular formula is C11H14N4O4S. The van der Waals surface area contributed by atoms with Crippen molar-refractivity contribution >= 4 is 21.7 Å². The van der Waals surface area contributed by atoms with E-state index in [4.69, 9.17) is 5.11 Å². The zero-order valence-corrected chi connectivity index (χ0v) is 11.9. The summed E-state index contributed by atoms with van der Waals surface area (Å²) in [4.78, 5) is 17.7. The zero-order chi connectivity index (χ0) is 15.1. The highest BCUT2D eigenvalue weighted by atomic mass is 32.2. The molecule has 9 heteroatoms. The number of aromatic carboxylic acids is 1. The van der Waals surface area contributed by atoms with Gasteiger partial charge in [-0.15, -0.1) is 0 Å². The van der Waals surface area contributed by atoms with E-state index in [1.54, 1.807) is 25.5 Å². The monoisotopic (exact) mass is 298 g/mol. The van der Waals surface area contributed by atoms with Gasteiger partial charge in [0.25, 0.3) is 10.0 Å². The summed E-state index contributed by atoms with van der Waals surface area (Å²) < 4.78 is 28.1. The summed E-state index contributed by atoms with van der Waals surface area (Å²) in [7, 11) is -2.25. The minimum absolute atomic E-state index is 0.0155. The van der Waals surface area contributed by atoms with Crippen LogP contribution in [0.5, 0.6) is 0 Å². The number of aromatic nitrogens is 3. The molecule has 0 amide bonds. The largest absolute Gasteiger partial charge is 0.478 e. The molecule has 0 unspecified atom stereocenters. The van der Waals surface area contributed by atoms with Crippen LogP contribution < -0.4 is 4.72 Å². The van der Waals surface area contributed by atoms with Crippen LogP contribution in [0.15, 0.2) is 17.4 Å². The molecule has 108 valence electrons. The van der Waals surface area contributed by atoms with Crippen molar-refractivity contribution in [2.24, 2.45) is 7.05 Å². The van der Waals surface area contributed by atoms with Gasteiger partial charge in [-0.1, -0.05) is 0 Å². The van der Waals surface area contributed by atoms with Crippen LogP contribution in [0.1, 0.15) is 21.9 Å². The van der Waals surface area contributed by atoms with E-state index in [0.717, 1.165) is 0 Å². The molecule has 0 aliphatic carbocycles. The number of imidazole rings is 1. The normalized spacial score (nSPS) is 11.6. The topological polar surface area (TPSA) is 117 Å². The molecule has 20 heavy (non-hydrogen) atoms. The first-order valence-electron chi connectivity index (χ1n) is 5.66. The maximum atomic E-state index is 12.2. The van der Waals surface area contributed by atoms with E-state index in [1.807, 2.05) is 0 Å². The summed E-state index contributed by atoms with van der Waals surface area (Å²) in [6, 6.07) is 0. The van der Waals surface area contributed by atoms with Crippen LogP contribution in [-0.2, 0) is 17.1 Å². The maximum absolute atomic E-state index is 12.2. The molecule has 0 aliphatic heterocycles. The van der Waals surface area contributed by atoms with Crippen molar-refractivity contribution in [2.45, 2.75) is 18.9 Å². The molecule has 0 bridgehead atoms. The number of sulfonamides is 1. The van der Waals surface area contributed by atoms with E-state index in [0.29, 0.717) is 11.5 Å². The third-order valence-electron chi connectivity index (χ3n) is 2.90. The van der Waals surface area contributed by atoms with E-state index in [9.17, 15) is 13.2 Å². The van der Waals surface area contributed by atoms with Crippen molar-refractivity contribution in [1.29, 1.82) is 0 Å². The summed E-state index contributed by atoms with van der Waals surface area (Å²) >= 11 is 0. The smallest absolute Gasteiger partial charge is 0.339 e. The molecule has 0 fully saturated rings. The lowest BCUT2D eigenvalue weighted by molar-refractivity contribution is 0.0697. The van der Waals surface area contributed by atoms with Crippen LogP contribution in [0.4, 0.5) is 5.69 Å². The van der Waals surface area contributed by atoms with Gasteiger partial charge in [0.1, 0.15) is 11.4 Å². The summed E-state index contributed by atoms with van der Waals surface area (Å²) in [5.41, 5.74) is 0.243. The number of carboxylic acids is 1. The highest BCUT2D eigenvalue weighted by molar-refractivity contribution is 7.92. The van der Waals surface area contributed by atoms with E-state index >= 15 is 0 Å². The minimum atomic E-state index is -3.92. The number of aromatic amines is 1. The van der Waals surface area contributed by atoms with E-state index in [-0.39, 0.29) is 16.3 Å². The first-order chi connectivity index (χ1) is 9.22. The zero-order valence-electron chi connectivity index (χ0n) is 11.1. The second kappa shape index (κ2) is 4.67. The lowest BCUT2D eigenvalue weighted by Crippen LogP contribution is -2.15. The molecule has 0 saturated carbocycles. The Morgan fingerprint density at radius 1 is 1.45 bits per heavy atom. The van der Waals surface area contributed by atoms with Crippen LogP contribution >= 0.6 is 0 Å². The molecule has 0 aliphatic rings. The molecule has 2 heterocycles. The number of hydrogen-bond acceptors (Lipinski definition) is 4. The van der Waals surface area contributed by atoms with Gasteiger partial charge in [-0.3, -0.25) is 4.72 Å². The second-order valence-electron chi connectivity index (χ2n) is 4.35. The highest BCUT2D eigenvalue weighted by Gasteiger charge is 2.23. The molecule has 2 aromatic rings. The number of nitrogens with one attached hydrogen (secondary N) is 2. The fourth-order valence-electron chi connectivity index (χ4n) is 1.74. The van der Waals surface area contributed by atoms with Crippen molar-refractivity contribution < 1.29 is 18.3 Å². The van der Waals surface area contributed by atoms with E-state index < -0.39 is 16.0 Å². The van der Waals surface area contributed by atoms with Gasteiger partial charge in [0.2, 0.25) is 0 Å². The Kier molecular flexibility index (Phi) is 3.30. The van der Waals surface area contributed by atoms with Crippen LogP contribution in [-0.4, -0.2) is 34.0 Å². The summed E-state index contributed by atoms with van der Waals surface area (Å²) in [5, 5.41) is 8.92. The number of aryl methyl sites for hydroxylation is 3. The van der Waals surface area contributed by atoms with Crippen molar-refractivity contribution in [1.82, 2.24) is 14.5 Å². The fourth-order valence-corrected chi connectivity index (χ4v) is 2.84. The SMILES string of the molecule is Cc1[nH]cc(NS(=O)(=O)c2cn(C)c(C)n2)c1C(=O)O. The molecule has 0 radical (unpaired) electrons. The van der Waals surface area contributed by atoms with Crippen LogP contribution in [0.2, 0.25) is 0 Å². The first kappa shape index (κ1) is 14.1. The third-order valence-corrected chi connectivity index (χ3v) is 4.13. The maximum Gasteiger partial charge on any atom is 0.339 e. The number of nitrogens with zero attached hydrogens (tertiary/aromatic N) is 2. The van der Waals surface area contributed by atoms with Gasteiger partial charge in [0.05, 0.1) is 5.69 Å². The Hall–Kier alpha value is -2.29. The average molecular weight is 298 g/mol. The van der Waals surface area contributed by atoms with Gasteiger partial charge in [0, 0.05) is 25.1 Å². The minimum Gasteiger partial charge on any atom is -0.478 e. The second-order valence-corrected chi connectivity index (χ2v) is 5.98. The Labute approximate surface area is 115 Å². The van der Waals surface area contributed by atoms with Crippen LogP contribution in [0, 0.1) is 13.8 Å². The third kappa shape index (κ3) is 2.39. The Balaban J connectivity index is 2.41. The van der Waals surface area contributed by atoms with Gasteiger partial charge >= 0.3 is 5.97 Å². The Morgan fingerprint density at radius 2 is 2.10 bits per heavy atom. The number of hydrogen-bond donors (Lipinski definition) is 3. The summed E-state index contributed by atoms with van der Waals surface area (Å²) in [6.07, 6.45) is 2.66. The lowest BCUT2D eigenvalue weighted by atomic mass is 10.2. The molecule has 0 aromatic carbocycles. The molecule has 3 N–H and O–H groups in total. The van der Waals surface area contributed by atoms with Crippen molar-refractivity contribution in [3.05, 3.63) is 29.5 Å². The Bertz CT molecular complexity index is 753. The number of H-pyrrole nitrogens is 1. The van der Waals surface area contributed by atoms with Gasteiger partial charge in [0.15, 0.2) is 5.03 Å². The van der Waals surface area contributed by atoms with Gasteiger partial charge in [-0.2, -0.15) is 8.42 Å². The first-order valence-corrected chi connectivity index (χ1v) is 7.14. The standard InChI is InChI=1S/C11H14N4O4S/c1-6-10(11(16)17)8(4-12-6)14-20(18,19)9-5-15(3)7(2)13-9/h4-5,12,14H,1-3H3,(H,16,17). The molecule has 0 atom stereocenters. The van der Waals surface area contributed by atoms with E-state index in [1.165, 1.54) is 12.4 Å². The molecule has 0 saturated heterocycles. The van der Waals surface area contributed by atoms with Crippen molar-refractivity contribution in [3.8, 4) is 0 Å². The Morgan fingerprint density at radius 3 is 2.60 bits per heavy atom. The fraction of sp³-hybridized carbons (Fsp3) is 0.273. The molecule has 8 nitrogen and oxygen atoms in total. The highest BCUT2D eigenvalue weighted by Crippen LogP contribution is 2.22. The van der Waals surface area contributed by atoms with Gasteiger partial charge in [-0.25, -0.2) is 9.78 Å². The predicted octanol–water partition coefficient (Wildman–Crippen LogP) is 0.864. The number of carbonyl (C=O) groups is 1. The summed E-state index contributed by atoms with van der Waals surface area (Å²) in [5.74, 6) is -0.673. The number of anilines is 1. The van der Waals surface area contributed by atoms with E-state index in [2.05, 4.69) is 14.7 Å². The molecule has 2 aromatic heterocycles. The average Bonchev–Trinajstić information content (AvgIpc) is 2.83.